The van der Waals surface area contributed by atoms with Crippen molar-refractivity contribution in [2.45, 2.75) is 60.8 Å². The van der Waals surface area contributed by atoms with Gasteiger partial charge in [0.1, 0.15) is 12.0 Å². The van der Waals surface area contributed by atoms with Crippen LogP contribution in [0.3, 0.4) is 0 Å². The summed E-state index contributed by atoms with van der Waals surface area (Å²) in [4.78, 5) is 11.0. The predicted octanol–water partition coefficient (Wildman–Crippen LogP) is 7.82. The lowest BCUT2D eigenvalue weighted by Crippen LogP contribution is -1.98. The number of aldehydes is 1. The molecule has 0 aromatic heterocycles. The van der Waals surface area contributed by atoms with Gasteiger partial charge in [-0.05, 0) is 85.9 Å². The molecule has 3 heteroatoms. The average Bonchev–Trinajstić information content (AvgIpc) is 2.86. The second-order valence-electron chi connectivity index (χ2n) is 7.94. The Balaban J connectivity index is 0.000000531. The number of nitrogens with one attached hydrogen (secondary N) is 1. The van der Waals surface area contributed by atoms with Crippen molar-refractivity contribution >= 4 is 22.6 Å². The van der Waals surface area contributed by atoms with Gasteiger partial charge in [-0.3, -0.25) is 4.79 Å². The third-order valence-electron chi connectivity index (χ3n) is 4.96. The van der Waals surface area contributed by atoms with Crippen LogP contribution in [-0.2, 0) is 17.6 Å². The van der Waals surface area contributed by atoms with Crippen LogP contribution in [-0.4, -0.2) is 27.5 Å². The second-order valence-corrected chi connectivity index (χ2v) is 7.94. The summed E-state index contributed by atoms with van der Waals surface area (Å²) in [5.41, 5.74) is 5.43. The molecule has 0 aliphatic rings. The maximum atomic E-state index is 11.0. The molecule has 186 valence electrons. The Labute approximate surface area is 208 Å². The molecule has 3 nitrogen and oxygen atoms in total. The van der Waals surface area contributed by atoms with Crippen LogP contribution in [0.5, 0.6) is 5.75 Å². The zero-order valence-electron chi connectivity index (χ0n) is 22.8. The number of hydrogen-bond donors (Lipinski definition) is 1. The van der Waals surface area contributed by atoms with E-state index in [1.807, 2.05) is 46.2 Å². The number of hydrogen-bond acceptors (Lipinski definition) is 3. The van der Waals surface area contributed by atoms with Crippen LogP contribution in [0, 0.1) is 6.92 Å². The summed E-state index contributed by atoms with van der Waals surface area (Å²) in [5, 5.41) is 5.42. The van der Waals surface area contributed by atoms with Crippen LogP contribution in [0.4, 0.5) is 0 Å². The molecule has 3 aromatic rings. The average molecular weight is 464 g/mol. The van der Waals surface area contributed by atoms with Gasteiger partial charge in [0.05, 0.1) is 7.11 Å². The highest BCUT2D eigenvalue weighted by Gasteiger charge is 2.10. The minimum atomic E-state index is 0.747. The number of ether oxygens (including phenoxy) is 1. The highest BCUT2D eigenvalue weighted by Crippen LogP contribution is 2.27. The summed E-state index contributed by atoms with van der Waals surface area (Å²) in [6, 6.07) is 19.1. The lowest BCUT2D eigenvalue weighted by molar-refractivity contribution is -0.103. The van der Waals surface area contributed by atoms with Crippen molar-refractivity contribution in [2.75, 3.05) is 21.2 Å². The molecule has 0 heterocycles. The molecule has 3 rings (SSSR count). The van der Waals surface area contributed by atoms with E-state index in [1.54, 1.807) is 7.11 Å². The molecule has 0 atom stereocenters. The number of carbonyl (C=O) groups is 1. The van der Waals surface area contributed by atoms with Gasteiger partial charge in [0.15, 0.2) is 0 Å². The monoisotopic (exact) mass is 463 g/mol. The predicted molar refractivity (Wildman–Crippen MR) is 151 cm³/mol. The summed E-state index contributed by atoms with van der Waals surface area (Å²) in [5.74, 6) is 0.847. The second kappa shape index (κ2) is 18.5. The number of methoxy groups -OCH3 is 1. The van der Waals surface area contributed by atoms with Crippen molar-refractivity contribution in [2.24, 2.45) is 0 Å². The van der Waals surface area contributed by atoms with E-state index >= 15 is 0 Å². The highest BCUT2D eigenvalue weighted by atomic mass is 16.5. The van der Waals surface area contributed by atoms with Gasteiger partial charge in [-0.2, -0.15) is 0 Å². The minimum Gasteiger partial charge on any atom is -0.497 e. The molecule has 0 aliphatic carbocycles. The quantitative estimate of drug-likeness (QED) is 0.309. The van der Waals surface area contributed by atoms with E-state index in [0.29, 0.717) is 0 Å². The molecular weight excluding hydrogens is 418 g/mol. The van der Waals surface area contributed by atoms with E-state index in [-0.39, 0.29) is 0 Å². The summed E-state index contributed by atoms with van der Waals surface area (Å²) in [7, 11) is 5.41. The van der Waals surface area contributed by atoms with E-state index in [2.05, 4.69) is 75.5 Å². The molecule has 0 amide bonds. The largest absolute Gasteiger partial charge is 0.497 e. The normalized spacial score (nSPS) is 10.1. The van der Waals surface area contributed by atoms with Crippen molar-refractivity contribution < 1.29 is 9.53 Å². The third-order valence-corrected chi connectivity index (χ3v) is 4.96. The van der Waals surface area contributed by atoms with Crippen LogP contribution in [0.2, 0.25) is 0 Å². The van der Waals surface area contributed by atoms with Crippen LogP contribution in [0.15, 0.2) is 60.7 Å². The summed E-state index contributed by atoms with van der Waals surface area (Å²) < 4.78 is 5.23. The molecule has 0 bridgehead atoms. The van der Waals surface area contributed by atoms with E-state index in [1.165, 1.54) is 22.8 Å². The fraction of sp³-hybridized carbons (Fsp3) is 0.387. The number of carbonyl (C=O) groups excluding carboxylic acids is 1. The molecule has 0 saturated heterocycles. The van der Waals surface area contributed by atoms with Crippen molar-refractivity contribution in [3.63, 3.8) is 0 Å². The molecule has 0 radical (unpaired) electrons. The molecule has 0 unspecified atom stereocenters. The summed E-state index contributed by atoms with van der Waals surface area (Å²) in [6.45, 7) is 12.4. The third kappa shape index (κ3) is 10.4. The molecule has 1 N–H and O–H groups in total. The van der Waals surface area contributed by atoms with Gasteiger partial charge >= 0.3 is 0 Å². The van der Waals surface area contributed by atoms with Gasteiger partial charge in [0.25, 0.3) is 0 Å². The highest BCUT2D eigenvalue weighted by molar-refractivity contribution is 6.08. The van der Waals surface area contributed by atoms with E-state index in [0.717, 1.165) is 47.1 Å². The number of allylic oxidation sites excluding steroid dienone is 2. The topological polar surface area (TPSA) is 38.3 Å². The minimum absolute atomic E-state index is 0.747. The molecular formula is C31H45NO2. The van der Waals surface area contributed by atoms with Crippen LogP contribution in [0.25, 0.3) is 16.3 Å². The zero-order chi connectivity index (χ0) is 25.9. The summed E-state index contributed by atoms with van der Waals surface area (Å²) in [6.07, 6.45) is 6.01. The van der Waals surface area contributed by atoms with Crippen LogP contribution < -0.4 is 10.1 Å². The van der Waals surface area contributed by atoms with E-state index in [4.69, 9.17) is 4.74 Å². The Hall–Kier alpha value is -2.91. The van der Waals surface area contributed by atoms with Gasteiger partial charge in [-0.15, -0.1) is 0 Å². The van der Waals surface area contributed by atoms with Crippen molar-refractivity contribution in [1.29, 1.82) is 0 Å². The smallest absolute Gasteiger partial charge is 0.150 e. The molecule has 0 fully saturated rings. The summed E-state index contributed by atoms with van der Waals surface area (Å²) >= 11 is 0. The van der Waals surface area contributed by atoms with Gasteiger partial charge < -0.3 is 10.1 Å². The fourth-order valence-electron chi connectivity index (χ4n) is 3.36. The first-order valence-corrected chi connectivity index (χ1v) is 12.3. The van der Waals surface area contributed by atoms with E-state index < -0.39 is 0 Å². The van der Waals surface area contributed by atoms with Crippen LogP contribution >= 0.6 is 0 Å². The Bertz CT molecular complexity index is 1000. The van der Waals surface area contributed by atoms with E-state index in [9.17, 15) is 4.79 Å². The Morgan fingerprint density at radius 1 is 0.912 bits per heavy atom. The first-order chi connectivity index (χ1) is 16.4. The van der Waals surface area contributed by atoms with Crippen LogP contribution in [0.1, 0.15) is 63.3 Å². The molecule has 3 aromatic carbocycles. The number of aryl methyl sites for hydroxylation is 3. The van der Waals surface area contributed by atoms with Gasteiger partial charge in [-0.1, -0.05) is 82.7 Å². The standard InChI is InChI=1S/C14H18O2.C12H12.C3H8.C2H7N/c1-5-11-8-13(16-4)7-10(3)14(11)12(6-2)9-15;1-2-10-7-8-11-5-3-4-6-12(11)9-10;2*1-3-2/h6-9H,5H2,1-4H3;3-9H,2H2,1H3;3H2,1-2H3;3H,1-2H3/b12-6-;;;. The molecule has 0 aliphatic heterocycles. The first-order valence-electron chi connectivity index (χ1n) is 12.3. The van der Waals surface area contributed by atoms with Crippen molar-refractivity contribution in [3.8, 4) is 5.75 Å². The number of rotatable bonds is 5. The Morgan fingerprint density at radius 3 is 1.97 bits per heavy atom. The van der Waals surface area contributed by atoms with Gasteiger partial charge in [0, 0.05) is 5.57 Å². The maximum Gasteiger partial charge on any atom is 0.150 e. The van der Waals surface area contributed by atoms with Crippen molar-refractivity contribution in [3.05, 3.63) is 82.9 Å². The Morgan fingerprint density at radius 2 is 1.50 bits per heavy atom. The van der Waals surface area contributed by atoms with Gasteiger partial charge in [0.2, 0.25) is 0 Å². The Kier molecular flexibility index (Phi) is 16.9. The molecule has 34 heavy (non-hydrogen) atoms. The maximum absolute atomic E-state index is 11.0. The lowest BCUT2D eigenvalue weighted by atomic mass is 9.93. The number of benzene rings is 3. The first kappa shape index (κ1) is 31.1. The SMILES string of the molecule is C/C=C(/C=O)c1c(C)cc(OC)cc1CC.CCC.CCc1ccc2ccccc2c1.CNC. The zero-order valence-corrected chi connectivity index (χ0v) is 22.8. The van der Waals surface area contributed by atoms with Crippen molar-refractivity contribution in [1.82, 2.24) is 5.32 Å². The lowest BCUT2D eigenvalue weighted by Gasteiger charge is -2.13. The molecule has 0 saturated carbocycles. The molecule has 0 spiro atoms. The number of fused-ring (bicyclic) bond motifs is 1. The fourth-order valence-corrected chi connectivity index (χ4v) is 3.36. The van der Waals surface area contributed by atoms with Gasteiger partial charge in [-0.25, -0.2) is 0 Å².